The van der Waals surface area contributed by atoms with Crippen molar-refractivity contribution in [3.05, 3.63) is 23.9 Å². The molecule has 1 N–H and O–H groups in total. The van der Waals surface area contributed by atoms with Crippen molar-refractivity contribution in [2.45, 2.75) is 31.8 Å². The molecule has 0 spiro atoms. The Hall–Kier alpha value is -1.13. The summed E-state index contributed by atoms with van der Waals surface area (Å²) in [6.45, 7) is 3.97. The lowest BCUT2D eigenvalue weighted by molar-refractivity contribution is 0.161. The second-order valence-corrected chi connectivity index (χ2v) is 5.70. The van der Waals surface area contributed by atoms with Gasteiger partial charge in [-0.15, -0.1) is 0 Å². The van der Waals surface area contributed by atoms with E-state index in [1.54, 1.807) is 7.11 Å². The highest BCUT2D eigenvalue weighted by molar-refractivity contribution is 5.47. The summed E-state index contributed by atoms with van der Waals surface area (Å²) < 4.78 is 5.27. The first-order valence-corrected chi connectivity index (χ1v) is 7.28. The van der Waals surface area contributed by atoms with Crippen molar-refractivity contribution in [1.29, 1.82) is 0 Å². The van der Waals surface area contributed by atoms with Gasteiger partial charge in [-0.2, -0.15) is 0 Å². The SMILES string of the molecule is COCC1CCN(c2ncccc2CNC2CC2)C1. The van der Waals surface area contributed by atoms with Crippen LogP contribution in [0, 0.1) is 5.92 Å². The first-order chi connectivity index (χ1) is 9.36. The molecule has 2 heterocycles. The normalized spacial score (nSPS) is 23.0. The Labute approximate surface area is 115 Å². The van der Waals surface area contributed by atoms with Gasteiger partial charge in [0, 0.05) is 50.5 Å². The molecule has 4 nitrogen and oxygen atoms in total. The molecule has 3 rings (SSSR count). The van der Waals surface area contributed by atoms with Crippen LogP contribution in [0.2, 0.25) is 0 Å². The Balaban J connectivity index is 1.65. The summed E-state index contributed by atoms with van der Waals surface area (Å²) in [5.74, 6) is 1.81. The van der Waals surface area contributed by atoms with Gasteiger partial charge in [0.2, 0.25) is 0 Å². The minimum absolute atomic E-state index is 0.649. The molecule has 0 radical (unpaired) electrons. The molecule has 19 heavy (non-hydrogen) atoms. The molecule has 1 aromatic heterocycles. The molecular formula is C15H23N3O. The molecule has 2 aliphatic rings. The maximum Gasteiger partial charge on any atom is 0.133 e. The van der Waals surface area contributed by atoms with E-state index in [0.717, 1.165) is 38.1 Å². The zero-order chi connectivity index (χ0) is 13.1. The van der Waals surface area contributed by atoms with Crippen LogP contribution >= 0.6 is 0 Å². The van der Waals surface area contributed by atoms with Gasteiger partial charge in [0.05, 0.1) is 6.61 Å². The highest BCUT2D eigenvalue weighted by Crippen LogP contribution is 2.26. The Morgan fingerprint density at radius 1 is 1.42 bits per heavy atom. The molecule has 0 amide bonds. The van der Waals surface area contributed by atoms with Gasteiger partial charge < -0.3 is 15.0 Å². The van der Waals surface area contributed by atoms with E-state index in [1.807, 2.05) is 12.3 Å². The minimum atomic E-state index is 0.649. The van der Waals surface area contributed by atoms with Crippen molar-refractivity contribution in [1.82, 2.24) is 10.3 Å². The number of aromatic nitrogens is 1. The van der Waals surface area contributed by atoms with Crippen molar-refractivity contribution in [3.63, 3.8) is 0 Å². The fourth-order valence-corrected chi connectivity index (χ4v) is 2.79. The molecule has 1 aliphatic heterocycles. The van der Waals surface area contributed by atoms with E-state index in [0.29, 0.717) is 5.92 Å². The topological polar surface area (TPSA) is 37.4 Å². The number of nitrogens with one attached hydrogen (secondary N) is 1. The van der Waals surface area contributed by atoms with E-state index < -0.39 is 0 Å². The molecule has 4 heteroatoms. The van der Waals surface area contributed by atoms with Crippen molar-refractivity contribution in [3.8, 4) is 0 Å². The maximum atomic E-state index is 5.27. The van der Waals surface area contributed by atoms with Crippen LogP contribution in [0.3, 0.4) is 0 Å². The molecular weight excluding hydrogens is 238 g/mol. The summed E-state index contributed by atoms with van der Waals surface area (Å²) in [6.07, 6.45) is 5.77. The van der Waals surface area contributed by atoms with Crippen LogP contribution in [0.25, 0.3) is 0 Å². The van der Waals surface area contributed by atoms with Crippen LogP contribution in [0.5, 0.6) is 0 Å². The molecule has 1 saturated carbocycles. The van der Waals surface area contributed by atoms with Gasteiger partial charge in [0.25, 0.3) is 0 Å². The van der Waals surface area contributed by atoms with E-state index in [2.05, 4.69) is 21.3 Å². The van der Waals surface area contributed by atoms with Crippen LogP contribution in [0.4, 0.5) is 5.82 Å². The molecule has 0 aromatic carbocycles. The highest BCUT2D eigenvalue weighted by Gasteiger charge is 2.26. The molecule has 1 aromatic rings. The maximum absolute atomic E-state index is 5.27. The smallest absolute Gasteiger partial charge is 0.133 e. The molecule has 2 fully saturated rings. The Bertz CT molecular complexity index is 420. The van der Waals surface area contributed by atoms with Crippen molar-refractivity contribution < 1.29 is 4.74 Å². The van der Waals surface area contributed by atoms with Crippen LogP contribution < -0.4 is 10.2 Å². The van der Waals surface area contributed by atoms with Crippen molar-refractivity contribution >= 4 is 5.82 Å². The van der Waals surface area contributed by atoms with Gasteiger partial charge in [-0.05, 0) is 25.3 Å². The highest BCUT2D eigenvalue weighted by atomic mass is 16.5. The van der Waals surface area contributed by atoms with E-state index in [-0.39, 0.29) is 0 Å². The van der Waals surface area contributed by atoms with Gasteiger partial charge in [-0.1, -0.05) is 6.07 Å². The average molecular weight is 261 g/mol. The molecule has 1 unspecified atom stereocenters. The molecule has 104 valence electrons. The van der Waals surface area contributed by atoms with Crippen molar-refractivity contribution in [2.75, 3.05) is 31.7 Å². The lowest BCUT2D eigenvalue weighted by Gasteiger charge is -2.21. The molecule has 1 saturated heterocycles. The first kappa shape index (κ1) is 12.9. The zero-order valence-corrected chi connectivity index (χ0v) is 11.6. The summed E-state index contributed by atoms with van der Waals surface area (Å²) in [4.78, 5) is 7.01. The monoisotopic (exact) mass is 261 g/mol. The largest absolute Gasteiger partial charge is 0.384 e. The van der Waals surface area contributed by atoms with E-state index in [9.17, 15) is 0 Å². The second-order valence-electron chi connectivity index (χ2n) is 5.70. The third kappa shape index (κ3) is 3.25. The van der Waals surface area contributed by atoms with Gasteiger partial charge in [0.15, 0.2) is 0 Å². The van der Waals surface area contributed by atoms with Crippen molar-refractivity contribution in [2.24, 2.45) is 5.92 Å². The average Bonchev–Trinajstić information content (AvgIpc) is 3.16. The van der Waals surface area contributed by atoms with Gasteiger partial charge in [0.1, 0.15) is 5.82 Å². The third-order valence-electron chi connectivity index (χ3n) is 4.01. The number of nitrogens with zero attached hydrogens (tertiary/aromatic N) is 2. The number of pyridine rings is 1. The predicted octanol–water partition coefficient (Wildman–Crippen LogP) is 1.81. The quantitative estimate of drug-likeness (QED) is 0.847. The number of anilines is 1. The summed E-state index contributed by atoms with van der Waals surface area (Å²) in [5.41, 5.74) is 1.33. The van der Waals surface area contributed by atoms with Crippen LogP contribution in [0.1, 0.15) is 24.8 Å². The van der Waals surface area contributed by atoms with Crippen LogP contribution in [-0.4, -0.2) is 37.8 Å². The van der Waals surface area contributed by atoms with E-state index >= 15 is 0 Å². The fourth-order valence-electron chi connectivity index (χ4n) is 2.79. The van der Waals surface area contributed by atoms with Crippen LogP contribution in [0.15, 0.2) is 18.3 Å². The molecule has 0 bridgehead atoms. The van der Waals surface area contributed by atoms with E-state index in [4.69, 9.17) is 4.74 Å². The van der Waals surface area contributed by atoms with Crippen LogP contribution in [-0.2, 0) is 11.3 Å². The first-order valence-electron chi connectivity index (χ1n) is 7.28. The zero-order valence-electron chi connectivity index (χ0n) is 11.6. The third-order valence-corrected chi connectivity index (χ3v) is 4.01. The summed E-state index contributed by atoms with van der Waals surface area (Å²) >= 11 is 0. The Morgan fingerprint density at radius 2 is 2.32 bits per heavy atom. The number of rotatable bonds is 6. The fraction of sp³-hybridized carbons (Fsp3) is 0.667. The number of methoxy groups -OCH3 is 1. The Morgan fingerprint density at radius 3 is 3.11 bits per heavy atom. The summed E-state index contributed by atoms with van der Waals surface area (Å²) in [7, 11) is 1.79. The predicted molar refractivity (Wildman–Crippen MR) is 76.3 cm³/mol. The summed E-state index contributed by atoms with van der Waals surface area (Å²) in [5, 5.41) is 3.58. The number of ether oxygens (including phenoxy) is 1. The molecule has 1 atom stereocenters. The lowest BCUT2D eigenvalue weighted by Crippen LogP contribution is -2.25. The lowest BCUT2D eigenvalue weighted by atomic mass is 10.1. The second kappa shape index (κ2) is 5.88. The van der Waals surface area contributed by atoms with Gasteiger partial charge in [-0.3, -0.25) is 0 Å². The number of hydrogen-bond acceptors (Lipinski definition) is 4. The number of hydrogen-bond donors (Lipinski definition) is 1. The van der Waals surface area contributed by atoms with E-state index in [1.165, 1.54) is 24.8 Å². The summed E-state index contributed by atoms with van der Waals surface area (Å²) in [6, 6.07) is 4.98. The Kier molecular flexibility index (Phi) is 3.99. The molecule has 1 aliphatic carbocycles. The minimum Gasteiger partial charge on any atom is -0.384 e. The van der Waals surface area contributed by atoms with Gasteiger partial charge in [-0.25, -0.2) is 4.98 Å². The standard InChI is InChI=1S/C15H23N3O/c1-19-11-12-6-8-18(10-12)15-13(3-2-7-16-15)9-17-14-4-5-14/h2-3,7,12,14,17H,4-6,8-11H2,1H3. The van der Waals surface area contributed by atoms with Gasteiger partial charge >= 0.3 is 0 Å².